The lowest BCUT2D eigenvalue weighted by Gasteiger charge is -2.24. The van der Waals surface area contributed by atoms with Crippen molar-refractivity contribution in [2.45, 2.75) is 26.0 Å². The van der Waals surface area contributed by atoms with E-state index < -0.39 is 22.7 Å². The summed E-state index contributed by atoms with van der Waals surface area (Å²) < 4.78 is 5.52. The Kier molecular flexibility index (Phi) is 6.09. The SMILES string of the molecule is CC(C)OCCN1C(=O)C(=O)/C(=C(\O)c2ccc([N+](=O)[O-])cc2)C1c1cccs1. The molecule has 1 aliphatic heterocycles. The fourth-order valence-electron chi connectivity index (χ4n) is 3.14. The number of ketones is 1. The number of hydrogen-bond acceptors (Lipinski definition) is 7. The summed E-state index contributed by atoms with van der Waals surface area (Å²) in [7, 11) is 0. The second-order valence-electron chi connectivity index (χ2n) is 6.73. The number of carbonyl (C=O) groups excluding carboxylic acids is 2. The van der Waals surface area contributed by atoms with Crippen LogP contribution < -0.4 is 0 Å². The zero-order valence-electron chi connectivity index (χ0n) is 15.9. The van der Waals surface area contributed by atoms with Crippen molar-refractivity contribution in [3.05, 3.63) is 67.9 Å². The van der Waals surface area contributed by atoms with Crippen LogP contribution in [0.2, 0.25) is 0 Å². The van der Waals surface area contributed by atoms with Gasteiger partial charge in [-0.3, -0.25) is 19.7 Å². The summed E-state index contributed by atoms with van der Waals surface area (Å²) in [4.78, 5) is 37.8. The van der Waals surface area contributed by atoms with Crippen LogP contribution in [0.15, 0.2) is 47.4 Å². The number of nitro groups is 1. The normalized spacial score (nSPS) is 18.6. The van der Waals surface area contributed by atoms with Crippen molar-refractivity contribution in [1.82, 2.24) is 4.90 Å². The number of aliphatic hydroxyl groups excluding tert-OH is 1. The van der Waals surface area contributed by atoms with E-state index in [9.17, 15) is 24.8 Å². The van der Waals surface area contributed by atoms with Gasteiger partial charge in [0.15, 0.2) is 0 Å². The average Bonchev–Trinajstić information content (AvgIpc) is 3.29. The molecule has 0 bridgehead atoms. The summed E-state index contributed by atoms with van der Waals surface area (Å²) in [5, 5.41) is 23.5. The van der Waals surface area contributed by atoms with E-state index in [-0.39, 0.29) is 41.8 Å². The van der Waals surface area contributed by atoms with E-state index in [4.69, 9.17) is 4.74 Å². The van der Waals surface area contributed by atoms with Gasteiger partial charge in [0.1, 0.15) is 5.76 Å². The third-order valence-corrected chi connectivity index (χ3v) is 5.41. The van der Waals surface area contributed by atoms with Gasteiger partial charge in [0.05, 0.1) is 29.2 Å². The van der Waals surface area contributed by atoms with Crippen molar-refractivity contribution in [3.8, 4) is 0 Å². The molecule has 1 aromatic heterocycles. The van der Waals surface area contributed by atoms with Crippen LogP contribution in [0.3, 0.4) is 0 Å². The summed E-state index contributed by atoms with van der Waals surface area (Å²) >= 11 is 1.37. The van der Waals surface area contributed by atoms with E-state index in [0.29, 0.717) is 0 Å². The molecule has 1 atom stereocenters. The largest absolute Gasteiger partial charge is 0.507 e. The number of hydrogen-bond donors (Lipinski definition) is 1. The van der Waals surface area contributed by atoms with Gasteiger partial charge in [0, 0.05) is 29.1 Å². The second-order valence-corrected chi connectivity index (χ2v) is 7.71. The number of nitrogens with zero attached hydrogens (tertiary/aromatic N) is 2. The Hall–Kier alpha value is -3.04. The second kappa shape index (κ2) is 8.54. The van der Waals surface area contributed by atoms with Gasteiger partial charge in [-0.25, -0.2) is 0 Å². The van der Waals surface area contributed by atoms with E-state index in [2.05, 4.69) is 0 Å². The van der Waals surface area contributed by atoms with Crippen molar-refractivity contribution in [3.63, 3.8) is 0 Å². The van der Waals surface area contributed by atoms with Gasteiger partial charge in [-0.1, -0.05) is 6.07 Å². The number of nitro benzene ring substituents is 1. The molecule has 1 unspecified atom stereocenters. The number of likely N-dealkylation sites (tertiary alicyclic amines) is 1. The third kappa shape index (κ3) is 4.20. The molecule has 1 saturated heterocycles. The van der Waals surface area contributed by atoms with Crippen molar-refractivity contribution < 1.29 is 24.4 Å². The number of rotatable bonds is 7. The Morgan fingerprint density at radius 1 is 1.28 bits per heavy atom. The van der Waals surface area contributed by atoms with Crippen LogP contribution >= 0.6 is 11.3 Å². The predicted molar refractivity (Wildman–Crippen MR) is 108 cm³/mol. The monoisotopic (exact) mass is 416 g/mol. The Bertz CT molecular complexity index is 950. The first kappa shape index (κ1) is 20.7. The number of ether oxygens (including phenoxy) is 1. The highest BCUT2D eigenvalue weighted by Gasteiger charge is 2.46. The van der Waals surface area contributed by atoms with E-state index in [1.165, 1.54) is 40.5 Å². The lowest BCUT2D eigenvalue weighted by molar-refractivity contribution is -0.384. The maximum Gasteiger partial charge on any atom is 0.295 e. The fourth-order valence-corrected chi connectivity index (χ4v) is 3.98. The number of thiophene rings is 1. The minimum absolute atomic E-state index is 0.0212. The maximum absolute atomic E-state index is 12.8. The zero-order valence-corrected chi connectivity index (χ0v) is 16.7. The number of aliphatic hydroxyl groups is 1. The first-order chi connectivity index (χ1) is 13.8. The molecule has 1 N–H and O–H groups in total. The van der Waals surface area contributed by atoms with Crippen LogP contribution in [0, 0.1) is 10.1 Å². The van der Waals surface area contributed by atoms with Gasteiger partial charge in [-0.15, -0.1) is 11.3 Å². The highest BCUT2D eigenvalue weighted by Crippen LogP contribution is 2.41. The molecular weight excluding hydrogens is 396 g/mol. The highest BCUT2D eigenvalue weighted by molar-refractivity contribution is 7.10. The van der Waals surface area contributed by atoms with Crippen molar-refractivity contribution >= 4 is 34.5 Å². The molecule has 1 amide bonds. The molecule has 1 aromatic carbocycles. The van der Waals surface area contributed by atoms with Crippen molar-refractivity contribution in [1.29, 1.82) is 0 Å². The molecule has 8 nitrogen and oxygen atoms in total. The molecule has 152 valence electrons. The Morgan fingerprint density at radius 3 is 2.52 bits per heavy atom. The quantitative estimate of drug-likeness (QED) is 0.243. The van der Waals surface area contributed by atoms with E-state index >= 15 is 0 Å². The smallest absolute Gasteiger partial charge is 0.295 e. The van der Waals surface area contributed by atoms with Crippen LogP contribution in [0.25, 0.3) is 5.76 Å². The number of carbonyl (C=O) groups is 2. The molecule has 1 fully saturated rings. The zero-order chi connectivity index (χ0) is 21.1. The fraction of sp³-hybridized carbons (Fsp3) is 0.300. The molecule has 0 spiro atoms. The average molecular weight is 416 g/mol. The standard InChI is InChI=1S/C20H20N2O6S/c1-12(2)28-10-9-21-17(15-4-3-11-29-15)16(19(24)20(21)25)18(23)13-5-7-14(8-6-13)22(26)27/h3-8,11-12,17,23H,9-10H2,1-2H3/b18-16-. The maximum atomic E-state index is 12.8. The van der Waals surface area contributed by atoms with Gasteiger partial charge in [0.2, 0.25) is 0 Å². The molecule has 1 aliphatic rings. The van der Waals surface area contributed by atoms with Gasteiger partial charge in [-0.2, -0.15) is 0 Å². The topological polar surface area (TPSA) is 110 Å². The van der Waals surface area contributed by atoms with Gasteiger partial charge >= 0.3 is 0 Å². The van der Waals surface area contributed by atoms with Crippen molar-refractivity contribution in [2.24, 2.45) is 0 Å². The molecule has 29 heavy (non-hydrogen) atoms. The first-order valence-corrected chi connectivity index (χ1v) is 9.87. The Balaban J connectivity index is 2.02. The summed E-state index contributed by atoms with van der Waals surface area (Å²) in [5.41, 5.74) is 0.0621. The van der Waals surface area contributed by atoms with Gasteiger partial charge in [-0.05, 0) is 37.4 Å². The van der Waals surface area contributed by atoms with Crippen LogP contribution in [0.1, 0.15) is 30.3 Å². The van der Waals surface area contributed by atoms with Gasteiger partial charge < -0.3 is 14.7 Å². The summed E-state index contributed by atoms with van der Waals surface area (Å²) in [5.74, 6) is -1.85. The van der Waals surface area contributed by atoms with Crippen LogP contribution in [0.4, 0.5) is 5.69 Å². The lowest BCUT2D eigenvalue weighted by Crippen LogP contribution is -2.33. The Labute approximate surface area is 171 Å². The molecule has 0 saturated carbocycles. The Morgan fingerprint density at radius 2 is 1.97 bits per heavy atom. The first-order valence-electron chi connectivity index (χ1n) is 8.99. The van der Waals surface area contributed by atoms with E-state index in [1.54, 1.807) is 12.1 Å². The number of amides is 1. The van der Waals surface area contributed by atoms with Crippen molar-refractivity contribution in [2.75, 3.05) is 13.2 Å². The molecule has 2 aromatic rings. The third-order valence-electron chi connectivity index (χ3n) is 4.49. The summed E-state index contributed by atoms with van der Waals surface area (Å²) in [6.45, 7) is 4.20. The number of Topliss-reactive ketones (excluding diaryl/α,β-unsaturated/α-hetero) is 1. The summed E-state index contributed by atoms with van der Waals surface area (Å²) in [6, 6.07) is 8.05. The van der Waals surface area contributed by atoms with E-state index in [0.717, 1.165) is 4.88 Å². The molecule has 2 heterocycles. The predicted octanol–water partition coefficient (Wildman–Crippen LogP) is 3.50. The summed E-state index contributed by atoms with van der Waals surface area (Å²) in [6.07, 6.45) is -0.0212. The van der Waals surface area contributed by atoms with Crippen LogP contribution in [0.5, 0.6) is 0 Å². The number of non-ortho nitro benzene ring substituents is 1. The van der Waals surface area contributed by atoms with E-state index in [1.807, 2.05) is 19.2 Å². The molecule has 0 aliphatic carbocycles. The highest BCUT2D eigenvalue weighted by atomic mass is 32.1. The molecule has 0 radical (unpaired) electrons. The molecule has 9 heteroatoms. The molecular formula is C20H20N2O6S. The van der Waals surface area contributed by atoms with Crippen LogP contribution in [-0.2, 0) is 14.3 Å². The minimum atomic E-state index is -0.788. The van der Waals surface area contributed by atoms with Gasteiger partial charge in [0.25, 0.3) is 17.4 Å². The number of benzene rings is 1. The lowest BCUT2D eigenvalue weighted by atomic mass is 10.00. The van der Waals surface area contributed by atoms with Crippen LogP contribution in [-0.4, -0.2) is 45.9 Å². The molecule has 3 rings (SSSR count). The minimum Gasteiger partial charge on any atom is -0.507 e.